The third-order valence-electron chi connectivity index (χ3n) is 4.05. The Balaban J connectivity index is 1.57. The summed E-state index contributed by atoms with van der Waals surface area (Å²) in [6.07, 6.45) is 0.0422. The summed E-state index contributed by atoms with van der Waals surface area (Å²) in [6, 6.07) is 12.1. The average molecular weight is 402 g/mol. The van der Waals surface area contributed by atoms with Crippen LogP contribution in [0.4, 0.5) is 15.8 Å². The summed E-state index contributed by atoms with van der Waals surface area (Å²) in [4.78, 5) is 38.1. The van der Waals surface area contributed by atoms with Crippen LogP contribution in [0.1, 0.15) is 13.3 Å². The zero-order valence-electron chi connectivity index (χ0n) is 15.2. The Morgan fingerprint density at radius 2 is 1.86 bits per heavy atom. The normalized spacial score (nSPS) is 16.4. The molecule has 3 amide bonds. The summed E-state index contributed by atoms with van der Waals surface area (Å²) in [7, 11) is 0. The highest BCUT2D eigenvalue weighted by Crippen LogP contribution is 2.30. The molecule has 28 heavy (non-hydrogen) atoms. The number of benzene rings is 2. The lowest BCUT2D eigenvalue weighted by Crippen LogP contribution is -2.31. The molecule has 2 aromatic carbocycles. The SMILES string of the molecule is CCOc1ccc(N2C(=O)C[C@@H](SCC(=O)Nc3ccc(F)cc3)C2=O)cc1. The molecule has 0 aromatic heterocycles. The molecule has 0 radical (unpaired) electrons. The van der Waals surface area contributed by atoms with E-state index in [9.17, 15) is 18.8 Å². The van der Waals surface area contributed by atoms with Gasteiger partial charge >= 0.3 is 0 Å². The van der Waals surface area contributed by atoms with Crippen LogP contribution in [0.2, 0.25) is 0 Å². The first-order valence-electron chi connectivity index (χ1n) is 8.74. The van der Waals surface area contributed by atoms with Crippen molar-refractivity contribution in [1.82, 2.24) is 0 Å². The Kier molecular flexibility index (Phi) is 6.30. The summed E-state index contributed by atoms with van der Waals surface area (Å²) >= 11 is 1.11. The highest BCUT2D eigenvalue weighted by atomic mass is 32.2. The molecular weight excluding hydrogens is 383 g/mol. The lowest BCUT2D eigenvalue weighted by Gasteiger charge is -2.15. The van der Waals surface area contributed by atoms with Crippen molar-refractivity contribution in [2.75, 3.05) is 22.6 Å². The Hall–Kier alpha value is -2.87. The third-order valence-corrected chi connectivity index (χ3v) is 5.25. The van der Waals surface area contributed by atoms with Crippen LogP contribution < -0.4 is 15.0 Å². The number of imide groups is 1. The van der Waals surface area contributed by atoms with E-state index in [0.717, 1.165) is 16.7 Å². The minimum absolute atomic E-state index is 0.0121. The zero-order chi connectivity index (χ0) is 20.1. The first-order valence-corrected chi connectivity index (χ1v) is 9.79. The van der Waals surface area contributed by atoms with Gasteiger partial charge in [0.2, 0.25) is 17.7 Å². The first-order chi connectivity index (χ1) is 13.5. The number of hydrogen-bond acceptors (Lipinski definition) is 5. The summed E-state index contributed by atoms with van der Waals surface area (Å²) in [5.41, 5.74) is 0.953. The van der Waals surface area contributed by atoms with Gasteiger partial charge in [0.05, 0.1) is 23.3 Å². The van der Waals surface area contributed by atoms with Gasteiger partial charge in [-0.15, -0.1) is 11.8 Å². The molecule has 0 aliphatic carbocycles. The molecule has 1 heterocycles. The van der Waals surface area contributed by atoms with E-state index in [1.165, 1.54) is 24.3 Å². The first kappa shape index (κ1) is 19.9. The Bertz CT molecular complexity index is 871. The molecule has 3 rings (SSSR count). The number of thioether (sulfide) groups is 1. The number of amides is 3. The number of carbonyl (C=O) groups is 3. The predicted octanol–water partition coefficient (Wildman–Crippen LogP) is 3.23. The van der Waals surface area contributed by atoms with Gasteiger partial charge in [0, 0.05) is 12.1 Å². The second kappa shape index (κ2) is 8.88. The van der Waals surface area contributed by atoms with Gasteiger partial charge in [0.1, 0.15) is 11.6 Å². The standard InChI is InChI=1S/C20H19FN2O4S/c1-2-27-16-9-7-15(8-10-16)23-19(25)11-17(20(23)26)28-12-18(24)22-14-5-3-13(21)4-6-14/h3-10,17H,2,11-12H2,1H3,(H,22,24)/t17-/m1/s1. The molecule has 0 bridgehead atoms. The van der Waals surface area contributed by atoms with Gasteiger partial charge in [-0.2, -0.15) is 0 Å². The van der Waals surface area contributed by atoms with E-state index in [4.69, 9.17) is 4.74 Å². The van der Waals surface area contributed by atoms with Gasteiger partial charge in [-0.1, -0.05) is 0 Å². The molecule has 1 aliphatic heterocycles. The van der Waals surface area contributed by atoms with Crippen LogP contribution in [0.5, 0.6) is 5.75 Å². The maximum absolute atomic E-state index is 12.9. The maximum Gasteiger partial charge on any atom is 0.247 e. The van der Waals surface area contributed by atoms with Crippen molar-refractivity contribution in [3.63, 3.8) is 0 Å². The van der Waals surface area contributed by atoms with E-state index in [0.29, 0.717) is 23.7 Å². The lowest BCUT2D eigenvalue weighted by molar-refractivity contribution is -0.121. The quantitative estimate of drug-likeness (QED) is 0.720. The van der Waals surface area contributed by atoms with Crippen LogP contribution >= 0.6 is 11.8 Å². The molecule has 1 atom stereocenters. The van der Waals surface area contributed by atoms with Crippen molar-refractivity contribution in [2.45, 2.75) is 18.6 Å². The topological polar surface area (TPSA) is 75.7 Å². The van der Waals surface area contributed by atoms with Crippen molar-refractivity contribution in [3.05, 3.63) is 54.3 Å². The molecule has 1 saturated heterocycles. The van der Waals surface area contributed by atoms with Crippen LogP contribution in [0.3, 0.4) is 0 Å². The zero-order valence-corrected chi connectivity index (χ0v) is 16.0. The summed E-state index contributed by atoms with van der Waals surface area (Å²) in [5.74, 6) is -0.681. The van der Waals surface area contributed by atoms with Crippen molar-refractivity contribution in [2.24, 2.45) is 0 Å². The largest absolute Gasteiger partial charge is 0.494 e. The molecule has 1 aliphatic rings. The Labute approximate surface area is 166 Å². The van der Waals surface area contributed by atoms with E-state index in [1.54, 1.807) is 24.3 Å². The van der Waals surface area contributed by atoms with E-state index >= 15 is 0 Å². The van der Waals surface area contributed by atoms with Crippen molar-refractivity contribution in [1.29, 1.82) is 0 Å². The minimum Gasteiger partial charge on any atom is -0.494 e. The minimum atomic E-state index is -0.613. The lowest BCUT2D eigenvalue weighted by atomic mass is 10.3. The summed E-state index contributed by atoms with van der Waals surface area (Å²) in [5, 5.41) is 2.02. The fourth-order valence-electron chi connectivity index (χ4n) is 2.77. The molecule has 1 N–H and O–H groups in total. The fourth-order valence-corrected chi connectivity index (χ4v) is 3.70. The summed E-state index contributed by atoms with van der Waals surface area (Å²) < 4.78 is 18.3. The van der Waals surface area contributed by atoms with E-state index in [2.05, 4.69) is 5.32 Å². The number of ether oxygens (including phenoxy) is 1. The molecule has 1 fully saturated rings. The molecule has 8 heteroatoms. The Morgan fingerprint density at radius 3 is 2.50 bits per heavy atom. The van der Waals surface area contributed by atoms with E-state index in [1.807, 2.05) is 6.92 Å². The van der Waals surface area contributed by atoms with Gasteiger partial charge in [-0.25, -0.2) is 9.29 Å². The number of halogens is 1. The van der Waals surface area contributed by atoms with Gasteiger partial charge in [-0.05, 0) is 55.5 Å². The number of hydrogen-bond donors (Lipinski definition) is 1. The van der Waals surface area contributed by atoms with Gasteiger partial charge in [-0.3, -0.25) is 14.4 Å². The van der Waals surface area contributed by atoms with Gasteiger partial charge in [0.15, 0.2) is 0 Å². The average Bonchev–Trinajstić information content (AvgIpc) is 2.96. The fraction of sp³-hybridized carbons (Fsp3) is 0.250. The highest BCUT2D eigenvalue weighted by Gasteiger charge is 2.40. The third kappa shape index (κ3) is 4.69. The number of nitrogens with zero attached hydrogens (tertiary/aromatic N) is 1. The van der Waals surface area contributed by atoms with Crippen LogP contribution in [0.15, 0.2) is 48.5 Å². The molecule has 2 aromatic rings. The van der Waals surface area contributed by atoms with Crippen LogP contribution in [-0.4, -0.2) is 35.3 Å². The second-order valence-corrected chi connectivity index (χ2v) is 7.24. The Morgan fingerprint density at radius 1 is 1.18 bits per heavy atom. The smallest absolute Gasteiger partial charge is 0.247 e. The molecule has 0 spiro atoms. The molecule has 146 valence electrons. The number of carbonyl (C=O) groups excluding carboxylic acids is 3. The number of rotatable bonds is 7. The highest BCUT2D eigenvalue weighted by molar-refractivity contribution is 8.01. The van der Waals surface area contributed by atoms with E-state index < -0.39 is 11.1 Å². The van der Waals surface area contributed by atoms with Crippen molar-refractivity contribution >= 4 is 40.9 Å². The van der Waals surface area contributed by atoms with Crippen LogP contribution in [0, 0.1) is 5.82 Å². The maximum atomic E-state index is 12.9. The monoisotopic (exact) mass is 402 g/mol. The van der Waals surface area contributed by atoms with Gasteiger partial charge in [0.25, 0.3) is 0 Å². The van der Waals surface area contributed by atoms with Gasteiger partial charge < -0.3 is 10.1 Å². The van der Waals surface area contributed by atoms with Crippen molar-refractivity contribution in [3.8, 4) is 5.75 Å². The predicted molar refractivity (Wildman–Crippen MR) is 106 cm³/mol. The summed E-state index contributed by atoms with van der Waals surface area (Å²) in [6.45, 7) is 2.40. The number of nitrogens with one attached hydrogen (secondary N) is 1. The molecule has 6 nitrogen and oxygen atoms in total. The second-order valence-electron chi connectivity index (χ2n) is 6.05. The van der Waals surface area contributed by atoms with Crippen molar-refractivity contribution < 1.29 is 23.5 Å². The van der Waals surface area contributed by atoms with Crippen LogP contribution in [0.25, 0.3) is 0 Å². The molecule has 0 saturated carbocycles. The molecular formula is C20H19FN2O4S. The van der Waals surface area contributed by atoms with Crippen LogP contribution in [-0.2, 0) is 14.4 Å². The molecule has 0 unspecified atom stereocenters. The number of anilines is 2. The van der Waals surface area contributed by atoms with E-state index in [-0.39, 0.29) is 29.9 Å².